The van der Waals surface area contributed by atoms with Crippen molar-refractivity contribution < 1.29 is 13.6 Å². The van der Waals surface area contributed by atoms with Gasteiger partial charge in [0, 0.05) is 12.7 Å². The van der Waals surface area contributed by atoms with Crippen molar-refractivity contribution in [2.75, 3.05) is 17.7 Å². The van der Waals surface area contributed by atoms with Crippen molar-refractivity contribution in [3.05, 3.63) is 47.7 Å². The summed E-state index contributed by atoms with van der Waals surface area (Å²) in [5.74, 6) is -0.527. The SMILES string of the molecule is CN(Cc1ccco1)c1cc(C(N)=O)c(N)cc1F. The monoisotopic (exact) mass is 263 g/mol. The van der Waals surface area contributed by atoms with Crippen LogP contribution >= 0.6 is 0 Å². The Kier molecular flexibility index (Phi) is 3.41. The number of hydrogen-bond donors (Lipinski definition) is 2. The minimum Gasteiger partial charge on any atom is -0.467 e. The first-order chi connectivity index (χ1) is 8.99. The van der Waals surface area contributed by atoms with Crippen LogP contribution < -0.4 is 16.4 Å². The molecule has 1 amide bonds. The summed E-state index contributed by atoms with van der Waals surface area (Å²) in [6.45, 7) is 0.367. The summed E-state index contributed by atoms with van der Waals surface area (Å²) in [6.07, 6.45) is 1.54. The number of halogens is 1. The highest BCUT2D eigenvalue weighted by molar-refractivity contribution is 5.99. The molecule has 4 N–H and O–H groups in total. The van der Waals surface area contributed by atoms with Crippen molar-refractivity contribution in [2.45, 2.75) is 6.54 Å². The highest BCUT2D eigenvalue weighted by Crippen LogP contribution is 2.25. The largest absolute Gasteiger partial charge is 0.467 e. The van der Waals surface area contributed by atoms with E-state index in [0.717, 1.165) is 6.07 Å². The van der Waals surface area contributed by atoms with E-state index in [0.29, 0.717) is 12.3 Å². The zero-order valence-electron chi connectivity index (χ0n) is 10.4. The fourth-order valence-electron chi connectivity index (χ4n) is 1.80. The van der Waals surface area contributed by atoms with Crippen LogP contribution in [0.15, 0.2) is 34.9 Å². The first kappa shape index (κ1) is 12.9. The second-order valence-electron chi connectivity index (χ2n) is 4.19. The Labute approximate surface area is 109 Å². The number of benzene rings is 1. The number of furan rings is 1. The molecule has 0 bridgehead atoms. The smallest absolute Gasteiger partial charge is 0.250 e. The maximum absolute atomic E-state index is 13.9. The first-order valence-electron chi connectivity index (χ1n) is 5.61. The molecule has 0 aliphatic heterocycles. The van der Waals surface area contributed by atoms with E-state index < -0.39 is 11.7 Å². The lowest BCUT2D eigenvalue weighted by Crippen LogP contribution is -2.20. The highest BCUT2D eigenvalue weighted by atomic mass is 19.1. The van der Waals surface area contributed by atoms with Gasteiger partial charge in [-0.3, -0.25) is 4.79 Å². The molecule has 0 spiro atoms. The average Bonchev–Trinajstić information content (AvgIpc) is 2.81. The summed E-state index contributed by atoms with van der Waals surface area (Å²) in [5, 5.41) is 0. The molecule has 2 aromatic rings. The standard InChI is InChI=1S/C13H14FN3O2/c1-17(7-8-3-2-4-19-8)12-5-9(13(16)18)11(15)6-10(12)14/h2-6H,7,15H2,1H3,(H2,16,18). The van der Waals surface area contributed by atoms with Crippen LogP contribution in [0.5, 0.6) is 0 Å². The van der Waals surface area contributed by atoms with E-state index in [9.17, 15) is 9.18 Å². The van der Waals surface area contributed by atoms with Gasteiger partial charge >= 0.3 is 0 Å². The summed E-state index contributed by atoms with van der Waals surface area (Å²) in [6, 6.07) is 5.96. The van der Waals surface area contributed by atoms with Crippen LogP contribution in [0.1, 0.15) is 16.1 Å². The van der Waals surface area contributed by atoms with Gasteiger partial charge in [0.1, 0.15) is 11.6 Å². The van der Waals surface area contributed by atoms with E-state index in [1.54, 1.807) is 24.1 Å². The molecule has 1 aromatic carbocycles. The van der Waals surface area contributed by atoms with Gasteiger partial charge in [-0.25, -0.2) is 4.39 Å². The van der Waals surface area contributed by atoms with Crippen LogP contribution in [-0.4, -0.2) is 13.0 Å². The number of amides is 1. The van der Waals surface area contributed by atoms with Gasteiger partial charge in [-0.1, -0.05) is 0 Å². The predicted molar refractivity (Wildman–Crippen MR) is 70.1 cm³/mol. The van der Waals surface area contributed by atoms with Gasteiger partial charge in [0.25, 0.3) is 5.91 Å². The zero-order valence-corrected chi connectivity index (χ0v) is 10.4. The lowest BCUT2D eigenvalue weighted by molar-refractivity contribution is 0.100. The highest BCUT2D eigenvalue weighted by Gasteiger charge is 2.15. The molecular weight excluding hydrogens is 249 g/mol. The molecule has 0 unspecified atom stereocenters. The van der Waals surface area contributed by atoms with Gasteiger partial charge in [0.05, 0.1) is 24.1 Å². The number of carbonyl (C=O) groups is 1. The third kappa shape index (κ3) is 2.67. The van der Waals surface area contributed by atoms with Crippen molar-refractivity contribution in [2.24, 2.45) is 5.73 Å². The molecule has 0 atom stereocenters. The lowest BCUT2D eigenvalue weighted by Gasteiger charge is -2.19. The second-order valence-corrected chi connectivity index (χ2v) is 4.19. The molecule has 0 aliphatic carbocycles. The van der Waals surface area contributed by atoms with Gasteiger partial charge in [-0.15, -0.1) is 0 Å². The van der Waals surface area contributed by atoms with E-state index in [-0.39, 0.29) is 16.9 Å². The number of nitrogens with zero attached hydrogens (tertiary/aromatic N) is 1. The molecule has 0 saturated heterocycles. The molecule has 1 heterocycles. The normalized spacial score (nSPS) is 10.4. The molecule has 5 nitrogen and oxygen atoms in total. The Morgan fingerprint density at radius 1 is 1.47 bits per heavy atom. The molecule has 19 heavy (non-hydrogen) atoms. The fourth-order valence-corrected chi connectivity index (χ4v) is 1.80. The van der Waals surface area contributed by atoms with Crippen molar-refractivity contribution in [1.29, 1.82) is 0 Å². The molecule has 6 heteroatoms. The molecular formula is C13H14FN3O2. The number of primary amides is 1. The van der Waals surface area contributed by atoms with Crippen LogP contribution in [0.3, 0.4) is 0 Å². The fraction of sp³-hybridized carbons (Fsp3) is 0.154. The third-order valence-corrected chi connectivity index (χ3v) is 2.77. The van der Waals surface area contributed by atoms with E-state index in [2.05, 4.69) is 0 Å². The predicted octanol–water partition coefficient (Wildman–Crippen LogP) is 1.74. The first-order valence-corrected chi connectivity index (χ1v) is 5.61. The van der Waals surface area contributed by atoms with E-state index in [4.69, 9.17) is 15.9 Å². The topological polar surface area (TPSA) is 85.5 Å². The maximum atomic E-state index is 13.9. The van der Waals surface area contributed by atoms with Crippen LogP contribution in [0.25, 0.3) is 0 Å². The van der Waals surface area contributed by atoms with Crippen LogP contribution in [0.4, 0.5) is 15.8 Å². The Hall–Kier alpha value is -2.50. The van der Waals surface area contributed by atoms with Gasteiger partial charge in [-0.05, 0) is 24.3 Å². The molecule has 2 rings (SSSR count). The lowest BCUT2D eigenvalue weighted by atomic mass is 10.1. The van der Waals surface area contributed by atoms with E-state index in [1.165, 1.54) is 12.3 Å². The van der Waals surface area contributed by atoms with Crippen molar-refractivity contribution in [3.8, 4) is 0 Å². The quantitative estimate of drug-likeness (QED) is 0.823. The minimum absolute atomic E-state index is 0.0279. The van der Waals surface area contributed by atoms with Gasteiger partial charge in [0.15, 0.2) is 0 Å². The number of anilines is 2. The summed E-state index contributed by atoms with van der Waals surface area (Å²) in [7, 11) is 1.68. The Bertz CT molecular complexity index is 596. The zero-order chi connectivity index (χ0) is 14.0. The number of nitrogen functional groups attached to an aromatic ring is 1. The minimum atomic E-state index is -0.690. The van der Waals surface area contributed by atoms with Crippen LogP contribution in [0.2, 0.25) is 0 Å². The number of rotatable bonds is 4. The summed E-state index contributed by atoms with van der Waals surface area (Å²) >= 11 is 0. The van der Waals surface area contributed by atoms with Gasteiger partial charge in [0.2, 0.25) is 0 Å². The third-order valence-electron chi connectivity index (χ3n) is 2.77. The summed E-state index contributed by atoms with van der Waals surface area (Å²) in [4.78, 5) is 12.8. The molecule has 0 aliphatic rings. The van der Waals surface area contributed by atoms with Crippen molar-refractivity contribution in [3.63, 3.8) is 0 Å². The van der Waals surface area contributed by atoms with Gasteiger partial charge in [-0.2, -0.15) is 0 Å². The van der Waals surface area contributed by atoms with Crippen molar-refractivity contribution in [1.82, 2.24) is 0 Å². The number of carbonyl (C=O) groups excluding carboxylic acids is 1. The number of nitrogens with two attached hydrogens (primary N) is 2. The summed E-state index contributed by atoms with van der Waals surface area (Å²) < 4.78 is 19.1. The Morgan fingerprint density at radius 3 is 2.79 bits per heavy atom. The Balaban J connectivity index is 2.33. The van der Waals surface area contributed by atoms with E-state index in [1.807, 2.05) is 0 Å². The maximum Gasteiger partial charge on any atom is 0.250 e. The van der Waals surface area contributed by atoms with Crippen LogP contribution in [0, 0.1) is 5.82 Å². The Morgan fingerprint density at radius 2 is 2.21 bits per heavy atom. The van der Waals surface area contributed by atoms with Gasteiger partial charge < -0.3 is 20.8 Å². The molecule has 0 radical (unpaired) electrons. The number of hydrogen-bond acceptors (Lipinski definition) is 4. The molecule has 100 valence electrons. The second kappa shape index (κ2) is 5.01. The molecule has 1 aromatic heterocycles. The molecule has 0 saturated carbocycles. The molecule has 0 fully saturated rings. The summed E-state index contributed by atoms with van der Waals surface area (Å²) in [5.41, 5.74) is 11.1. The van der Waals surface area contributed by atoms with Crippen molar-refractivity contribution >= 4 is 17.3 Å². The van der Waals surface area contributed by atoms with Crippen LogP contribution in [-0.2, 0) is 6.54 Å². The average molecular weight is 263 g/mol. The van der Waals surface area contributed by atoms with E-state index >= 15 is 0 Å².